The number of para-hydroxylation sites is 1. The van der Waals surface area contributed by atoms with Gasteiger partial charge in [0, 0.05) is 11.5 Å². The van der Waals surface area contributed by atoms with Crippen molar-refractivity contribution < 1.29 is 27.4 Å². The Morgan fingerprint density at radius 1 is 0.621 bits per heavy atom. The van der Waals surface area contributed by atoms with Gasteiger partial charge in [-0.2, -0.15) is 13.2 Å². The molecule has 1 heterocycles. The Kier molecular flexibility index (Phi) is 8.55. The Hall–Kier alpha value is -6.86. The summed E-state index contributed by atoms with van der Waals surface area (Å²) in [6.45, 7) is 0.136. The normalized spacial score (nSPS) is 15.6. The van der Waals surface area contributed by atoms with E-state index < -0.39 is 17.4 Å². The van der Waals surface area contributed by atoms with Crippen molar-refractivity contribution in [2.45, 2.75) is 37.5 Å². The predicted molar refractivity (Wildman–Crippen MR) is 224 cm³/mol. The molecule has 0 aliphatic heterocycles. The minimum atomic E-state index is -4.39. The minimum absolute atomic E-state index is 0.0689. The van der Waals surface area contributed by atoms with Gasteiger partial charge in [0.25, 0.3) is 0 Å². The van der Waals surface area contributed by atoms with Gasteiger partial charge in [0.1, 0.15) is 29.3 Å². The van der Waals surface area contributed by atoms with Crippen molar-refractivity contribution in [2.75, 3.05) is 0 Å². The lowest BCUT2D eigenvalue weighted by atomic mass is 9.69. The fraction of sp³-hybridized carbons (Fsp3) is 0.118. The molecule has 10 rings (SSSR count). The molecule has 0 bridgehead atoms. The standard InChI is InChI=1S/C51H35F3O4/c52-51(53,54)35-19-13-30(14-20-35)29-57-36-21-15-31(16-22-36)34-27-44-40-23-17-32-7-1-3-9-37(32)39(40)25-26-41(44)45(28-34)42-24-18-33-8-2-4-10-38(33)47(42)48-49(55)43-11-5-6-12-46(43)58-50(48)56/h1-26,34,45,55H,27-29H2. The quantitative estimate of drug-likeness (QED) is 0.135. The van der Waals surface area contributed by atoms with E-state index in [1.54, 1.807) is 18.2 Å². The highest BCUT2D eigenvalue weighted by Crippen LogP contribution is 2.50. The molecular formula is C51H35F3O4. The molecule has 0 saturated heterocycles. The summed E-state index contributed by atoms with van der Waals surface area (Å²) in [6, 6.07) is 49.4. The first kappa shape index (κ1) is 35.5. The fourth-order valence-electron chi connectivity index (χ4n) is 9.02. The van der Waals surface area contributed by atoms with Crippen LogP contribution in [0.1, 0.15) is 51.6 Å². The van der Waals surface area contributed by atoms with Gasteiger partial charge >= 0.3 is 11.8 Å². The minimum Gasteiger partial charge on any atom is -0.506 e. The summed E-state index contributed by atoms with van der Waals surface area (Å²) < 4.78 is 51.2. The van der Waals surface area contributed by atoms with Crippen LogP contribution in [-0.4, -0.2) is 5.11 Å². The maximum atomic E-state index is 14.0. The summed E-state index contributed by atoms with van der Waals surface area (Å²) in [6.07, 6.45) is -2.89. The van der Waals surface area contributed by atoms with Crippen molar-refractivity contribution in [3.63, 3.8) is 0 Å². The lowest BCUT2D eigenvalue weighted by molar-refractivity contribution is -0.137. The zero-order valence-electron chi connectivity index (χ0n) is 31.1. The Morgan fingerprint density at radius 2 is 1.26 bits per heavy atom. The smallest absolute Gasteiger partial charge is 0.416 e. The molecule has 4 nitrogen and oxygen atoms in total. The summed E-state index contributed by atoms with van der Waals surface area (Å²) in [5, 5.41) is 18.9. The Morgan fingerprint density at radius 3 is 2.02 bits per heavy atom. The number of alkyl halides is 3. The fourth-order valence-corrected chi connectivity index (χ4v) is 9.02. The summed E-state index contributed by atoms with van der Waals surface area (Å²) in [5.74, 6) is 0.419. The first-order valence-electron chi connectivity index (χ1n) is 19.3. The van der Waals surface area contributed by atoms with E-state index in [0.29, 0.717) is 27.8 Å². The van der Waals surface area contributed by atoms with Crippen molar-refractivity contribution in [2.24, 2.45) is 0 Å². The van der Waals surface area contributed by atoms with E-state index in [1.165, 1.54) is 44.8 Å². The Balaban J connectivity index is 1.10. The zero-order valence-corrected chi connectivity index (χ0v) is 31.1. The van der Waals surface area contributed by atoms with Crippen LogP contribution < -0.4 is 10.4 Å². The Bertz CT molecular complexity index is 3090. The molecular weight excluding hydrogens is 734 g/mol. The lowest BCUT2D eigenvalue weighted by Gasteiger charge is -2.35. The average molecular weight is 769 g/mol. The van der Waals surface area contributed by atoms with Crippen LogP contribution in [-0.2, 0) is 19.2 Å². The van der Waals surface area contributed by atoms with E-state index in [4.69, 9.17) is 9.15 Å². The highest BCUT2D eigenvalue weighted by molar-refractivity contribution is 6.09. The monoisotopic (exact) mass is 768 g/mol. The van der Waals surface area contributed by atoms with Crippen molar-refractivity contribution in [1.29, 1.82) is 0 Å². The van der Waals surface area contributed by atoms with E-state index in [1.807, 2.05) is 42.5 Å². The highest BCUT2D eigenvalue weighted by atomic mass is 19.4. The van der Waals surface area contributed by atoms with Gasteiger partial charge in [0.15, 0.2) is 0 Å². The SMILES string of the molecule is O=c1oc2ccccc2c(O)c1-c1c(C2CC(c3ccc(OCc4ccc(C(F)(F)F)cc4)cc3)Cc3c2ccc2c3ccc3ccccc32)ccc2ccccc12. The molecule has 58 heavy (non-hydrogen) atoms. The molecule has 0 radical (unpaired) electrons. The third-order valence-electron chi connectivity index (χ3n) is 11.8. The van der Waals surface area contributed by atoms with E-state index >= 15 is 0 Å². The third-order valence-corrected chi connectivity index (χ3v) is 11.8. The number of aromatic hydroxyl groups is 1. The summed E-state index contributed by atoms with van der Waals surface area (Å²) in [5.41, 5.74) is 4.95. The van der Waals surface area contributed by atoms with Crippen molar-refractivity contribution in [1.82, 2.24) is 0 Å². The van der Waals surface area contributed by atoms with Crippen LogP contribution in [0.2, 0.25) is 0 Å². The average Bonchev–Trinajstić information content (AvgIpc) is 3.25. The van der Waals surface area contributed by atoms with Crippen molar-refractivity contribution in [3.8, 4) is 22.6 Å². The van der Waals surface area contributed by atoms with E-state index in [0.717, 1.165) is 46.9 Å². The van der Waals surface area contributed by atoms with Gasteiger partial charge in [-0.3, -0.25) is 0 Å². The van der Waals surface area contributed by atoms with Crippen LogP contribution in [0.15, 0.2) is 167 Å². The van der Waals surface area contributed by atoms with Crippen LogP contribution >= 0.6 is 0 Å². The maximum Gasteiger partial charge on any atom is 0.416 e. The van der Waals surface area contributed by atoms with Crippen LogP contribution in [0.25, 0.3) is 54.4 Å². The molecule has 1 aliphatic carbocycles. The van der Waals surface area contributed by atoms with E-state index in [-0.39, 0.29) is 29.8 Å². The van der Waals surface area contributed by atoms with E-state index in [9.17, 15) is 23.1 Å². The number of ether oxygens (including phenoxy) is 1. The summed E-state index contributed by atoms with van der Waals surface area (Å²) >= 11 is 0. The molecule has 2 unspecified atom stereocenters. The Labute approximate surface area is 331 Å². The number of hydrogen-bond donors (Lipinski definition) is 1. The van der Waals surface area contributed by atoms with Gasteiger partial charge in [-0.05, 0) is 115 Å². The van der Waals surface area contributed by atoms with Crippen LogP contribution in [0, 0.1) is 0 Å². The second-order valence-electron chi connectivity index (χ2n) is 15.1. The zero-order chi connectivity index (χ0) is 39.5. The van der Waals surface area contributed by atoms with Gasteiger partial charge in [-0.1, -0.05) is 121 Å². The number of rotatable bonds is 6. The maximum absolute atomic E-state index is 14.0. The van der Waals surface area contributed by atoms with Gasteiger partial charge in [-0.15, -0.1) is 0 Å². The second kappa shape index (κ2) is 14.0. The second-order valence-corrected chi connectivity index (χ2v) is 15.1. The van der Waals surface area contributed by atoms with Gasteiger partial charge in [0.2, 0.25) is 0 Å². The van der Waals surface area contributed by atoms with Gasteiger partial charge in [0.05, 0.1) is 10.9 Å². The van der Waals surface area contributed by atoms with Crippen LogP contribution in [0.4, 0.5) is 13.2 Å². The molecule has 1 N–H and O–H groups in total. The topological polar surface area (TPSA) is 59.7 Å². The molecule has 8 aromatic carbocycles. The first-order chi connectivity index (χ1) is 28.2. The predicted octanol–water partition coefficient (Wildman–Crippen LogP) is 13.1. The molecule has 0 fully saturated rings. The highest BCUT2D eigenvalue weighted by Gasteiger charge is 2.34. The third kappa shape index (κ3) is 6.14. The molecule has 284 valence electrons. The number of halogens is 3. The number of benzene rings is 8. The van der Waals surface area contributed by atoms with Crippen LogP contribution in [0.3, 0.4) is 0 Å². The van der Waals surface area contributed by atoms with Gasteiger partial charge < -0.3 is 14.3 Å². The molecule has 0 amide bonds. The van der Waals surface area contributed by atoms with Crippen molar-refractivity contribution >= 4 is 43.3 Å². The summed E-state index contributed by atoms with van der Waals surface area (Å²) in [7, 11) is 0. The largest absolute Gasteiger partial charge is 0.506 e. The van der Waals surface area contributed by atoms with E-state index in [2.05, 4.69) is 72.8 Å². The molecule has 2 atom stereocenters. The molecule has 0 spiro atoms. The lowest BCUT2D eigenvalue weighted by Crippen LogP contribution is -2.20. The molecule has 7 heteroatoms. The van der Waals surface area contributed by atoms with Crippen LogP contribution in [0.5, 0.6) is 11.5 Å². The van der Waals surface area contributed by atoms with Crippen molar-refractivity contribution in [3.05, 3.63) is 202 Å². The molecule has 1 aromatic heterocycles. The summed E-state index contributed by atoms with van der Waals surface area (Å²) in [4.78, 5) is 14.0. The molecule has 0 saturated carbocycles. The number of fused-ring (bicyclic) bond motifs is 7. The first-order valence-corrected chi connectivity index (χ1v) is 19.3. The number of hydrogen-bond acceptors (Lipinski definition) is 4. The molecule has 1 aliphatic rings. The molecule has 9 aromatic rings. The van der Waals surface area contributed by atoms with Gasteiger partial charge in [-0.25, -0.2) is 4.79 Å².